The molecule has 0 aromatic heterocycles. The van der Waals surface area contributed by atoms with Crippen LogP contribution in [0.1, 0.15) is 163 Å². The van der Waals surface area contributed by atoms with Crippen LogP contribution >= 0.6 is 0 Å². The summed E-state index contributed by atoms with van der Waals surface area (Å²) in [6.07, 6.45) is 25.3. The van der Waals surface area contributed by atoms with Gasteiger partial charge in [0, 0.05) is 13.1 Å². The van der Waals surface area contributed by atoms with Crippen molar-refractivity contribution in [3.63, 3.8) is 0 Å². The van der Waals surface area contributed by atoms with Crippen molar-refractivity contribution < 1.29 is 0 Å². The van der Waals surface area contributed by atoms with Gasteiger partial charge in [-0.1, -0.05) is 131 Å². The minimum absolute atomic E-state index is 0.409. The number of hydrogen-bond acceptors (Lipinski definition) is 6. The lowest BCUT2D eigenvalue weighted by molar-refractivity contribution is -0.112. The first-order chi connectivity index (χ1) is 18.0. The molecule has 0 rings (SSSR count). The summed E-state index contributed by atoms with van der Waals surface area (Å²) in [7, 11) is 2.06. The summed E-state index contributed by atoms with van der Waals surface area (Å²) in [4.78, 5) is 0. The van der Waals surface area contributed by atoms with Crippen molar-refractivity contribution >= 4 is 0 Å². The molecular formula is C31H70N6. The number of unbranched alkanes of at least 4 members (excludes halogenated alkanes) is 14. The SMILES string of the molecule is CCCCCCCCCCCCCCNC(NC)(N(NCCCC)NCCCC)C(N)(CC)CCCC. The van der Waals surface area contributed by atoms with E-state index in [1.165, 1.54) is 89.9 Å². The maximum Gasteiger partial charge on any atom is 0.171 e. The second-order valence-electron chi connectivity index (χ2n) is 11.2. The minimum atomic E-state index is -0.559. The van der Waals surface area contributed by atoms with E-state index >= 15 is 0 Å². The van der Waals surface area contributed by atoms with Gasteiger partial charge in [-0.2, -0.15) is 0 Å². The largest absolute Gasteiger partial charge is 0.321 e. The normalized spacial score (nSPS) is 15.2. The van der Waals surface area contributed by atoms with E-state index in [0.29, 0.717) is 0 Å². The van der Waals surface area contributed by atoms with E-state index in [9.17, 15) is 0 Å². The zero-order valence-electron chi connectivity index (χ0n) is 26.3. The highest BCUT2D eigenvalue weighted by Crippen LogP contribution is 2.29. The predicted octanol–water partition coefficient (Wildman–Crippen LogP) is 7.36. The van der Waals surface area contributed by atoms with Gasteiger partial charge in [-0.25, -0.2) is 10.9 Å². The van der Waals surface area contributed by atoms with Crippen LogP contribution in [-0.4, -0.2) is 43.1 Å². The molecule has 6 N–H and O–H groups in total. The monoisotopic (exact) mass is 527 g/mol. The summed E-state index contributed by atoms with van der Waals surface area (Å²) in [5.74, 6) is -0.559. The summed E-state index contributed by atoms with van der Waals surface area (Å²) in [5, 5.41) is 9.82. The molecular weight excluding hydrogens is 456 g/mol. The van der Waals surface area contributed by atoms with E-state index < -0.39 is 11.3 Å². The number of nitrogens with one attached hydrogen (secondary N) is 4. The van der Waals surface area contributed by atoms with E-state index in [1.54, 1.807) is 0 Å². The summed E-state index contributed by atoms with van der Waals surface area (Å²) in [6.45, 7) is 14.1. The molecule has 2 atom stereocenters. The average Bonchev–Trinajstić information content (AvgIpc) is 2.91. The predicted molar refractivity (Wildman–Crippen MR) is 165 cm³/mol. The maximum absolute atomic E-state index is 7.28. The highest BCUT2D eigenvalue weighted by atomic mass is 15.8. The van der Waals surface area contributed by atoms with Crippen molar-refractivity contribution in [2.45, 2.75) is 174 Å². The van der Waals surface area contributed by atoms with E-state index in [0.717, 1.165) is 58.2 Å². The van der Waals surface area contributed by atoms with Gasteiger partial charge in [0.2, 0.25) is 0 Å². The Morgan fingerprint density at radius 1 is 0.541 bits per heavy atom. The van der Waals surface area contributed by atoms with E-state index in [1.807, 2.05) is 0 Å². The highest BCUT2D eigenvalue weighted by molar-refractivity contribution is 5.04. The Balaban J connectivity index is 4.99. The molecule has 0 radical (unpaired) electrons. The first-order valence-electron chi connectivity index (χ1n) is 16.5. The van der Waals surface area contributed by atoms with Crippen LogP contribution in [0.5, 0.6) is 0 Å². The smallest absolute Gasteiger partial charge is 0.171 e. The highest BCUT2D eigenvalue weighted by Gasteiger charge is 2.51. The number of rotatable bonds is 29. The number of likely N-dealkylation sites (N-methyl/N-ethyl adjacent to an activating group) is 1. The maximum atomic E-state index is 7.28. The molecule has 0 saturated carbocycles. The van der Waals surface area contributed by atoms with Crippen LogP contribution < -0.4 is 27.2 Å². The molecule has 0 aliphatic carbocycles. The standard InChI is InChI=1S/C31H70N6/c1-7-12-16-17-18-19-20-21-22-23-24-25-27-34-31(33-6,30(32,11-5)26-13-8-2)37(35-28-14-9-3)36-29-15-10-4/h33-36H,7-29,32H2,1-6H3. The van der Waals surface area contributed by atoms with Gasteiger partial charge >= 0.3 is 0 Å². The molecule has 0 aromatic carbocycles. The lowest BCUT2D eigenvalue weighted by Crippen LogP contribution is -2.85. The van der Waals surface area contributed by atoms with Crippen LogP contribution in [0.2, 0.25) is 0 Å². The van der Waals surface area contributed by atoms with Gasteiger partial charge in [0.05, 0.1) is 5.54 Å². The summed E-state index contributed by atoms with van der Waals surface area (Å²) in [5.41, 5.74) is 14.3. The summed E-state index contributed by atoms with van der Waals surface area (Å²) in [6, 6.07) is 0. The van der Waals surface area contributed by atoms with Gasteiger partial charge in [-0.05, 0) is 45.7 Å². The van der Waals surface area contributed by atoms with Crippen LogP contribution in [0.3, 0.4) is 0 Å². The lowest BCUT2D eigenvalue weighted by atomic mass is 9.82. The second-order valence-corrected chi connectivity index (χ2v) is 11.2. The van der Waals surface area contributed by atoms with Gasteiger partial charge in [0.15, 0.2) is 5.79 Å². The van der Waals surface area contributed by atoms with E-state index in [2.05, 4.69) is 68.3 Å². The summed E-state index contributed by atoms with van der Waals surface area (Å²) >= 11 is 0. The number of hydrazine groups is 2. The zero-order valence-corrected chi connectivity index (χ0v) is 26.3. The third-order valence-corrected chi connectivity index (χ3v) is 8.04. The molecule has 0 spiro atoms. The molecule has 0 aliphatic rings. The zero-order chi connectivity index (χ0) is 27.7. The number of hydrogen-bond donors (Lipinski definition) is 5. The average molecular weight is 527 g/mol. The molecule has 6 heteroatoms. The van der Waals surface area contributed by atoms with Gasteiger partial charge < -0.3 is 5.73 Å². The van der Waals surface area contributed by atoms with E-state index in [4.69, 9.17) is 5.73 Å². The van der Waals surface area contributed by atoms with Crippen molar-refractivity contribution in [3.8, 4) is 0 Å². The Hall–Kier alpha value is -0.240. The molecule has 0 fully saturated rings. The molecule has 0 saturated heterocycles. The van der Waals surface area contributed by atoms with Gasteiger partial charge in [0.25, 0.3) is 0 Å². The minimum Gasteiger partial charge on any atom is -0.321 e. The Bertz CT molecular complexity index is 467. The fourth-order valence-corrected chi connectivity index (χ4v) is 5.30. The molecule has 0 amide bonds. The summed E-state index contributed by atoms with van der Waals surface area (Å²) < 4.78 is 0. The van der Waals surface area contributed by atoms with Crippen LogP contribution in [0.15, 0.2) is 0 Å². The first kappa shape index (κ1) is 36.8. The van der Waals surface area contributed by atoms with Crippen molar-refractivity contribution in [2.75, 3.05) is 26.7 Å². The Morgan fingerprint density at radius 2 is 0.973 bits per heavy atom. The van der Waals surface area contributed by atoms with Crippen molar-refractivity contribution in [3.05, 3.63) is 0 Å². The molecule has 6 nitrogen and oxygen atoms in total. The first-order valence-corrected chi connectivity index (χ1v) is 16.5. The Morgan fingerprint density at radius 3 is 1.38 bits per heavy atom. The molecule has 0 aromatic rings. The number of nitrogens with zero attached hydrogens (tertiary/aromatic N) is 1. The molecule has 37 heavy (non-hydrogen) atoms. The fraction of sp³-hybridized carbons (Fsp3) is 1.00. The van der Waals surface area contributed by atoms with Crippen LogP contribution in [-0.2, 0) is 0 Å². The number of nitrogens with two attached hydrogens (primary N) is 1. The third kappa shape index (κ3) is 15.2. The van der Waals surface area contributed by atoms with Gasteiger partial charge in [-0.15, -0.1) is 5.12 Å². The van der Waals surface area contributed by atoms with Crippen molar-refractivity contribution in [2.24, 2.45) is 5.73 Å². The molecule has 0 heterocycles. The van der Waals surface area contributed by atoms with Crippen LogP contribution in [0, 0.1) is 0 Å². The Labute approximate surface area is 233 Å². The van der Waals surface area contributed by atoms with E-state index in [-0.39, 0.29) is 0 Å². The van der Waals surface area contributed by atoms with Crippen LogP contribution in [0.4, 0.5) is 0 Å². The molecule has 224 valence electrons. The van der Waals surface area contributed by atoms with Crippen molar-refractivity contribution in [1.29, 1.82) is 0 Å². The Kier molecular flexibility index (Phi) is 24.6. The van der Waals surface area contributed by atoms with Gasteiger partial charge in [0.1, 0.15) is 0 Å². The van der Waals surface area contributed by atoms with Gasteiger partial charge in [-0.3, -0.25) is 10.6 Å². The van der Waals surface area contributed by atoms with Crippen LogP contribution in [0.25, 0.3) is 0 Å². The van der Waals surface area contributed by atoms with Crippen molar-refractivity contribution in [1.82, 2.24) is 26.6 Å². The molecule has 2 unspecified atom stereocenters. The fourth-order valence-electron chi connectivity index (χ4n) is 5.30. The third-order valence-electron chi connectivity index (χ3n) is 8.04. The topological polar surface area (TPSA) is 77.4 Å². The lowest BCUT2D eigenvalue weighted by Gasteiger charge is -2.54. The molecule has 0 aliphatic heterocycles. The molecule has 0 bridgehead atoms. The second kappa shape index (κ2) is 24.8. The quantitative estimate of drug-likeness (QED) is 0.0398.